The fourth-order valence-corrected chi connectivity index (χ4v) is 1.23. The summed E-state index contributed by atoms with van der Waals surface area (Å²) in [4.78, 5) is 15.0. The van der Waals surface area contributed by atoms with Crippen molar-refractivity contribution in [1.82, 2.24) is 4.98 Å². The van der Waals surface area contributed by atoms with E-state index < -0.39 is 0 Å². The number of carbonyl (C=O) groups excluding carboxylic acids is 1. The summed E-state index contributed by atoms with van der Waals surface area (Å²) >= 11 is 0. The van der Waals surface area contributed by atoms with Gasteiger partial charge < -0.3 is 4.42 Å². The van der Waals surface area contributed by atoms with Crippen LogP contribution in [-0.2, 0) is 0 Å². The van der Waals surface area contributed by atoms with Crippen LogP contribution in [-0.4, -0.2) is 10.8 Å². The van der Waals surface area contributed by atoms with E-state index in [2.05, 4.69) is 4.98 Å². The van der Waals surface area contributed by atoms with Crippen LogP contribution in [0, 0.1) is 11.3 Å². The van der Waals surface area contributed by atoms with E-state index in [1.54, 1.807) is 12.1 Å². The fourth-order valence-electron chi connectivity index (χ4n) is 1.23. The van der Waals surface area contributed by atoms with Crippen LogP contribution < -0.4 is 0 Å². The zero-order valence-corrected chi connectivity index (χ0v) is 7.44. The second-order valence-electron chi connectivity index (χ2n) is 2.86. The van der Waals surface area contributed by atoms with Crippen LogP contribution in [0.4, 0.5) is 0 Å². The third-order valence-corrected chi connectivity index (χ3v) is 1.90. The molecule has 0 aliphatic rings. The second-order valence-corrected chi connectivity index (χ2v) is 2.86. The molecule has 0 N–H and O–H groups in total. The van der Waals surface area contributed by atoms with E-state index in [1.807, 2.05) is 6.07 Å². The molecule has 2 aromatic heterocycles. The van der Waals surface area contributed by atoms with Gasteiger partial charge >= 0.3 is 0 Å². The van der Waals surface area contributed by atoms with Crippen LogP contribution >= 0.6 is 0 Å². The lowest BCUT2D eigenvalue weighted by Crippen LogP contribution is -1.98. The van der Waals surface area contributed by atoms with Gasteiger partial charge in [0.05, 0.1) is 6.26 Å². The number of ketones is 1. The molecule has 14 heavy (non-hydrogen) atoms. The lowest BCUT2D eigenvalue weighted by Gasteiger charge is -1.96. The highest BCUT2D eigenvalue weighted by Crippen LogP contribution is 2.19. The maximum Gasteiger partial charge on any atom is 0.184 e. The number of aromatic nitrogens is 1. The van der Waals surface area contributed by atoms with E-state index in [4.69, 9.17) is 9.68 Å². The molecule has 0 fully saturated rings. The summed E-state index contributed by atoms with van der Waals surface area (Å²) in [5.74, 6) is -0.162. The van der Waals surface area contributed by atoms with Crippen molar-refractivity contribution in [3.8, 4) is 6.07 Å². The predicted octanol–water partition coefficient (Wildman–Crippen LogP) is 1.90. The van der Waals surface area contributed by atoms with Crippen LogP contribution in [0.15, 0.2) is 22.8 Å². The van der Waals surface area contributed by atoms with Gasteiger partial charge in [0.2, 0.25) is 0 Å². The van der Waals surface area contributed by atoms with Gasteiger partial charge in [0.15, 0.2) is 17.1 Å². The highest BCUT2D eigenvalue weighted by molar-refractivity contribution is 5.96. The van der Waals surface area contributed by atoms with E-state index >= 15 is 0 Å². The molecule has 0 bridgehead atoms. The molecule has 0 radical (unpaired) electrons. The monoisotopic (exact) mass is 186 g/mol. The second kappa shape index (κ2) is 2.96. The number of furan rings is 1. The molecule has 0 aliphatic heterocycles. The zero-order valence-electron chi connectivity index (χ0n) is 7.44. The molecule has 4 heteroatoms. The third-order valence-electron chi connectivity index (χ3n) is 1.90. The summed E-state index contributed by atoms with van der Waals surface area (Å²) in [5.41, 5.74) is 0.866. The number of hydrogen-bond acceptors (Lipinski definition) is 4. The molecule has 0 saturated heterocycles. The number of Topliss-reactive ketones (excluding diaryl/α,β-unsaturated/α-hetero) is 1. The Bertz CT molecular complexity index is 549. The first-order chi connectivity index (χ1) is 6.72. The van der Waals surface area contributed by atoms with Gasteiger partial charge in [0.1, 0.15) is 11.8 Å². The smallest absolute Gasteiger partial charge is 0.184 e. The summed E-state index contributed by atoms with van der Waals surface area (Å²) in [6, 6.07) is 5.21. The predicted molar refractivity (Wildman–Crippen MR) is 48.7 cm³/mol. The molecule has 0 amide bonds. The molecule has 2 rings (SSSR count). The van der Waals surface area contributed by atoms with E-state index in [1.165, 1.54) is 13.2 Å². The van der Waals surface area contributed by atoms with Crippen LogP contribution in [0.1, 0.15) is 23.1 Å². The van der Waals surface area contributed by atoms with Crippen LogP contribution in [0.25, 0.3) is 11.0 Å². The zero-order chi connectivity index (χ0) is 10.1. The van der Waals surface area contributed by atoms with Crippen molar-refractivity contribution in [2.45, 2.75) is 6.92 Å². The molecule has 0 atom stereocenters. The Morgan fingerprint density at radius 1 is 1.64 bits per heavy atom. The SMILES string of the molecule is CC(=O)c1cc2ccoc2c(C#N)n1. The summed E-state index contributed by atoms with van der Waals surface area (Å²) in [5, 5.41) is 9.50. The van der Waals surface area contributed by atoms with Gasteiger partial charge in [0.25, 0.3) is 0 Å². The van der Waals surface area contributed by atoms with Crippen LogP contribution in [0.2, 0.25) is 0 Å². The number of nitriles is 1. The molecule has 2 aromatic rings. The van der Waals surface area contributed by atoms with Gasteiger partial charge in [-0.3, -0.25) is 4.79 Å². The maximum atomic E-state index is 11.1. The first-order valence-corrected chi connectivity index (χ1v) is 4.01. The minimum Gasteiger partial charge on any atom is -0.461 e. The standard InChI is InChI=1S/C10H6N2O2/c1-6(13)8-4-7-2-3-14-10(7)9(5-11)12-8/h2-4H,1H3. The Morgan fingerprint density at radius 2 is 2.43 bits per heavy atom. The third kappa shape index (κ3) is 1.15. The van der Waals surface area contributed by atoms with Gasteiger partial charge in [0, 0.05) is 12.3 Å². The molecule has 4 nitrogen and oxygen atoms in total. The first kappa shape index (κ1) is 8.45. The van der Waals surface area contributed by atoms with Crippen molar-refractivity contribution in [3.63, 3.8) is 0 Å². The summed E-state index contributed by atoms with van der Waals surface area (Å²) in [6.45, 7) is 1.41. The molecule has 0 saturated carbocycles. The Balaban J connectivity index is 2.82. The molecule has 0 aromatic carbocycles. The van der Waals surface area contributed by atoms with Gasteiger partial charge in [-0.1, -0.05) is 0 Å². The number of nitrogens with zero attached hydrogens (tertiary/aromatic N) is 2. The number of pyridine rings is 1. The molecule has 68 valence electrons. The number of hydrogen-bond donors (Lipinski definition) is 0. The summed E-state index contributed by atoms with van der Waals surface area (Å²) in [7, 11) is 0. The van der Waals surface area contributed by atoms with E-state index in [9.17, 15) is 4.79 Å². The number of fused-ring (bicyclic) bond motifs is 1. The Kier molecular flexibility index (Phi) is 1.79. The highest BCUT2D eigenvalue weighted by Gasteiger charge is 2.10. The fraction of sp³-hybridized carbons (Fsp3) is 0.100. The van der Waals surface area contributed by atoms with Gasteiger partial charge in [-0.25, -0.2) is 4.98 Å². The molecule has 2 heterocycles. The maximum absolute atomic E-state index is 11.1. The largest absolute Gasteiger partial charge is 0.461 e. The lowest BCUT2D eigenvalue weighted by molar-refractivity contribution is 0.101. The number of carbonyl (C=O) groups is 1. The highest BCUT2D eigenvalue weighted by atomic mass is 16.3. The molecule has 0 unspecified atom stereocenters. The van der Waals surface area contributed by atoms with E-state index in [-0.39, 0.29) is 17.2 Å². The average Bonchev–Trinajstić information content (AvgIpc) is 2.63. The van der Waals surface area contributed by atoms with Crippen molar-refractivity contribution in [2.75, 3.05) is 0 Å². The summed E-state index contributed by atoms with van der Waals surface area (Å²) < 4.78 is 5.08. The van der Waals surface area contributed by atoms with E-state index in [0.29, 0.717) is 5.58 Å². The average molecular weight is 186 g/mol. The van der Waals surface area contributed by atoms with Crippen molar-refractivity contribution in [1.29, 1.82) is 5.26 Å². The normalized spacial score (nSPS) is 10.0. The molecular formula is C10H6N2O2. The molecule has 0 aliphatic carbocycles. The Hall–Kier alpha value is -2.15. The van der Waals surface area contributed by atoms with Gasteiger partial charge in [-0.2, -0.15) is 5.26 Å². The molecule has 0 spiro atoms. The number of rotatable bonds is 1. The van der Waals surface area contributed by atoms with Crippen molar-refractivity contribution < 1.29 is 9.21 Å². The van der Waals surface area contributed by atoms with Crippen LogP contribution in [0.5, 0.6) is 0 Å². The van der Waals surface area contributed by atoms with Crippen molar-refractivity contribution >= 4 is 16.8 Å². The Labute approximate surface area is 79.8 Å². The quantitative estimate of drug-likeness (QED) is 0.638. The van der Waals surface area contributed by atoms with Crippen molar-refractivity contribution in [2.24, 2.45) is 0 Å². The molecular weight excluding hydrogens is 180 g/mol. The van der Waals surface area contributed by atoms with E-state index in [0.717, 1.165) is 5.39 Å². The summed E-state index contributed by atoms with van der Waals surface area (Å²) in [6.07, 6.45) is 1.47. The minimum absolute atomic E-state index is 0.151. The topological polar surface area (TPSA) is 66.9 Å². The van der Waals surface area contributed by atoms with Gasteiger partial charge in [-0.05, 0) is 12.1 Å². The van der Waals surface area contributed by atoms with Gasteiger partial charge in [-0.15, -0.1) is 0 Å². The Morgan fingerprint density at radius 3 is 3.07 bits per heavy atom. The minimum atomic E-state index is -0.162. The lowest BCUT2D eigenvalue weighted by atomic mass is 10.2. The first-order valence-electron chi connectivity index (χ1n) is 4.01. The van der Waals surface area contributed by atoms with Crippen molar-refractivity contribution in [3.05, 3.63) is 29.8 Å². The van der Waals surface area contributed by atoms with Crippen LogP contribution in [0.3, 0.4) is 0 Å².